The fraction of sp³-hybridized carbons (Fsp3) is 0.381. The van der Waals surface area contributed by atoms with Gasteiger partial charge in [0.05, 0.1) is 11.9 Å². The van der Waals surface area contributed by atoms with Gasteiger partial charge in [-0.25, -0.2) is 9.78 Å². The lowest BCUT2D eigenvalue weighted by molar-refractivity contribution is 0.0561. The highest BCUT2D eigenvalue weighted by Gasteiger charge is 2.32. The molecule has 1 aromatic carbocycles. The Morgan fingerprint density at radius 1 is 1.25 bits per heavy atom. The Morgan fingerprint density at radius 3 is 2.64 bits per heavy atom. The zero-order chi connectivity index (χ0) is 20.5. The average Bonchev–Trinajstić information content (AvgIpc) is 2.61. The van der Waals surface area contributed by atoms with Gasteiger partial charge in [0.15, 0.2) is 0 Å². The number of nitrogens with two attached hydrogens (primary N) is 1. The third-order valence-electron chi connectivity index (χ3n) is 4.39. The first-order chi connectivity index (χ1) is 13.1. The fourth-order valence-corrected chi connectivity index (χ4v) is 3.05. The lowest BCUT2D eigenvalue weighted by Gasteiger charge is -2.36. The Kier molecular flexibility index (Phi) is 5.38. The van der Waals surface area contributed by atoms with Crippen LogP contribution in [0.4, 0.5) is 16.3 Å². The van der Waals surface area contributed by atoms with E-state index in [0.717, 1.165) is 11.1 Å². The Hall–Kier alpha value is -2.93. The topological polar surface area (TPSA) is 97.6 Å². The second kappa shape index (κ2) is 7.59. The van der Waals surface area contributed by atoms with Crippen LogP contribution < -0.4 is 16.0 Å². The Balaban J connectivity index is 1.82. The first-order valence-corrected chi connectivity index (χ1v) is 9.29. The average molecular weight is 382 g/mol. The SMILES string of the molecule is Cc1ccc(NC(=O)c2ccc3c(c2)CCC(N)N3C(=O)OC(C)(C)C)nc1. The predicted molar refractivity (Wildman–Crippen MR) is 108 cm³/mol. The van der Waals surface area contributed by atoms with Crippen molar-refractivity contribution in [2.45, 2.75) is 52.3 Å². The summed E-state index contributed by atoms with van der Waals surface area (Å²) in [6, 6.07) is 8.86. The summed E-state index contributed by atoms with van der Waals surface area (Å²) in [5.74, 6) is 0.239. The number of rotatable bonds is 2. The number of amides is 2. The summed E-state index contributed by atoms with van der Waals surface area (Å²) in [6.07, 6.45) is 2.03. The highest BCUT2D eigenvalue weighted by Crippen LogP contribution is 2.31. The minimum absolute atomic E-state index is 0.252. The maximum absolute atomic E-state index is 12.6. The Bertz CT molecular complexity index is 888. The number of hydrogen-bond acceptors (Lipinski definition) is 5. The van der Waals surface area contributed by atoms with E-state index < -0.39 is 17.9 Å². The van der Waals surface area contributed by atoms with Gasteiger partial charge < -0.3 is 15.8 Å². The van der Waals surface area contributed by atoms with Gasteiger partial charge in [-0.05, 0) is 75.9 Å². The van der Waals surface area contributed by atoms with E-state index in [1.165, 1.54) is 4.90 Å². The molecular weight excluding hydrogens is 356 g/mol. The highest BCUT2D eigenvalue weighted by molar-refractivity contribution is 6.04. The molecule has 0 saturated carbocycles. The van der Waals surface area contributed by atoms with Crippen LogP contribution in [-0.2, 0) is 11.2 Å². The monoisotopic (exact) mass is 382 g/mol. The van der Waals surface area contributed by atoms with Crippen LogP contribution >= 0.6 is 0 Å². The Labute approximate surface area is 164 Å². The minimum atomic E-state index is -0.616. The molecule has 1 aliphatic rings. The van der Waals surface area contributed by atoms with Crippen LogP contribution in [0, 0.1) is 6.92 Å². The molecule has 2 amide bonds. The van der Waals surface area contributed by atoms with Crippen molar-refractivity contribution in [1.82, 2.24) is 4.98 Å². The van der Waals surface area contributed by atoms with E-state index in [9.17, 15) is 9.59 Å². The molecule has 0 bridgehead atoms. The van der Waals surface area contributed by atoms with Crippen molar-refractivity contribution in [3.05, 3.63) is 53.2 Å². The van der Waals surface area contributed by atoms with E-state index in [4.69, 9.17) is 10.5 Å². The summed E-state index contributed by atoms with van der Waals surface area (Å²) >= 11 is 0. The molecule has 2 aromatic rings. The summed E-state index contributed by atoms with van der Waals surface area (Å²) in [4.78, 5) is 30.8. The van der Waals surface area contributed by atoms with Crippen molar-refractivity contribution in [1.29, 1.82) is 0 Å². The number of aromatic nitrogens is 1. The molecule has 1 atom stereocenters. The largest absolute Gasteiger partial charge is 0.443 e. The van der Waals surface area contributed by atoms with Crippen molar-refractivity contribution in [3.8, 4) is 0 Å². The number of anilines is 2. The van der Waals surface area contributed by atoms with Crippen LogP contribution in [0.5, 0.6) is 0 Å². The summed E-state index contributed by atoms with van der Waals surface area (Å²) in [5, 5.41) is 2.79. The van der Waals surface area contributed by atoms with Gasteiger partial charge in [-0.3, -0.25) is 9.69 Å². The van der Waals surface area contributed by atoms with Gasteiger partial charge in [-0.15, -0.1) is 0 Å². The number of carbonyl (C=O) groups excluding carboxylic acids is 2. The van der Waals surface area contributed by atoms with E-state index in [-0.39, 0.29) is 5.91 Å². The first-order valence-electron chi connectivity index (χ1n) is 9.29. The van der Waals surface area contributed by atoms with Gasteiger partial charge in [0.2, 0.25) is 0 Å². The number of pyridine rings is 1. The Morgan fingerprint density at radius 2 is 2.00 bits per heavy atom. The number of nitrogens with zero attached hydrogens (tertiary/aromatic N) is 2. The molecule has 148 valence electrons. The number of aryl methyl sites for hydroxylation is 2. The van der Waals surface area contributed by atoms with Gasteiger partial charge in [0, 0.05) is 11.8 Å². The zero-order valence-electron chi connectivity index (χ0n) is 16.7. The fourth-order valence-electron chi connectivity index (χ4n) is 3.05. The van der Waals surface area contributed by atoms with E-state index in [0.29, 0.717) is 29.9 Å². The number of hydrogen-bond donors (Lipinski definition) is 2. The lowest BCUT2D eigenvalue weighted by atomic mass is 9.97. The number of fused-ring (bicyclic) bond motifs is 1. The van der Waals surface area contributed by atoms with Gasteiger partial charge in [0.25, 0.3) is 5.91 Å². The van der Waals surface area contributed by atoms with Crippen molar-refractivity contribution in [2.24, 2.45) is 5.73 Å². The molecule has 0 radical (unpaired) electrons. The maximum atomic E-state index is 12.6. The molecule has 3 rings (SSSR count). The van der Waals surface area contributed by atoms with Gasteiger partial charge in [-0.1, -0.05) is 6.07 Å². The molecule has 0 fully saturated rings. The molecule has 0 aliphatic carbocycles. The molecule has 1 unspecified atom stereocenters. The standard InChI is InChI=1S/C21H26N4O3/c1-13-5-10-18(23-12-13)24-19(26)15-6-8-16-14(11-15)7-9-17(22)25(16)20(27)28-21(2,3)4/h5-6,8,10-12,17H,7,9,22H2,1-4H3,(H,23,24,26). The highest BCUT2D eigenvalue weighted by atomic mass is 16.6. The molecule has 0 saturated heterocycles. The summed E-state index contributed by atoms with van der Waals surface area (Å²) in [7, 11) is 0. The van der Waals surface area contributed by atoms with Crippen LogP contribution in [-0.4, -0.2) is 28.8 Å². The second-order valence-corrected chi connectivity index (χ2v) is 7.97. The second-order valence-electron chi connectivity index (χ2n) is 7.97. The summed E-state index contributed by atoms with van der Waals surface area (Å²) in [6.45, 7) is 7.37. The van der Waals surface area contributed by atoms with Crippen molar-refractivity contribution < 1.29 is 14.3 Å². The molecule has 7 nitrogen and oxygen atoms in total. The zero-order valence-corrected chi connectivity index (χ0v) is 16.7. The van der Waals surface area contributed by atoms with Crippen molar-refractivity contribution in [3.63, 3.8) is 0 Å². The molecule has 1 aromatic heterocycles. The number of nitrogens with one attached hydrogen (secondary N) is 1. The van der Waals surface area contributed by atoms with E-state index in [1.54, 1.807) is 30.5 Å². The van der Waals surface area contributed by atoms with Crippen LogP contribution in [0.2, 0.25) is 0 Å². The molecule has 7 heteroatoms. The van der Waals surface area contributed by atoms with E-state index in [2.05, 4.69) is 10.3 Å². The van der Waals surface area contributed by atoms with Crippen LogP contribution in [0.15, 0.2) is 36.5 Å². The number of carbonyl (C=O) groups is 2. The number of benzene rings is 1. The van der Waals surface area contributed by atoms with Crippen LogP contribution in [0.3, 0.4) is 0 Å². The van der Waals surface area contributed by atoms with Gasteiger partial charge in [0.1, 0.15) is 11.4 Å². The molecule has 28 heavy (non-hydrogen) atoms. The maximum Gasteiger partial charge on any atom is 0.416 e. The number of ether oxygens (including phenoxy) is 1. The molecule has 0 spiro atoms. The quantitative estimate of drug-likeness (QED) is 0.827. The molecule has 2 heterocycles. The van der Waals surface area contributed by atoms with Crippen LogP contribution in [0.25, 0.3) is 0 Å². The first kappa shape index (κ1) is 19.8. The lowest BCUT2D eigenvalue weighted by Crippen LogP contribution is -2.50. The van der Waals surface area contributed by atoms with Crippen molar-refractivity contribution in [2.75, 3.05) is 10.2 Å². The minimum Gasteiger partial charge on any atom is -0.443 e. The van der Waals surface area contributed by atoms with E-state index in [1.807, 2.05) is 33.8 Å². The summed E-state index contributed by atoms with van der Waals surface area (Å²) < 4.78 is 5.49. The predicted octanol–water partition coefficient (Wildman–Crippen LogP) is 3.61. The smallest absolute Gasteiger partial charge is 0.416 e. The third kappa shape index (κ3) is 4.48. The summed E-state index contributed by atoms with van der Waals surface area (Å²) in [5.41, 5.74) is 8.63. The van der Waals surface area contributed by atoms with Crippen molar-refractivity contribution >= 4 is 23.5 Å². The van der Waals surface area contributed by atoms with E-state index >= 15 is 0 Å². The normalized spacial score (nSPS) is 16.3. The van der Waals surface area contributed by atoms with Gasteiger partial charge >= 0.3 is 6.09 Å². The molecule has 3 N–H and O–H groups in total. The van der Waals surface area contributed by atoms with Crippen LogP contribution in [0.1, 0.15) is 48.7 Å². The third-order valence-corrected chi connectivity index (χ3v) is 4.39. The molecular formula is C21H26N4O3. The molecule has 1 aliphatic heterocycles. The van der Waals surface area contributed by atoms with Gasteiger partial charge in [-0.2, -0.15) is 0 Å².